The van der Waals surface area contributed by atoms with Crippen LogP contribution in [0, 0.1) is 5.82 Å². The van der Waals surface area contributed by atoms with E-state index in [1.165, 1.54) is 12.1 Å². The van der Waals surface area contributed by atoms with Crippen LogP contribution in [0.3, 0.4) is 0 Å². The molecule has 0 aromatic heterocycles. The van der Waals surface area contributed by atoms with E-state index >= 15 is 0 Å². The maximum absolute atomic E-state index is 13.0. The van der Waals surface area contributed by atoms with Gasteiger partial charge in [0.2, 0.25) is 0 Å². The largest absolute Gasteiger partial charge is 0.490 e. The maximum Gasteiger partial charge on any atom is 0.162 e. The van der Waals surface area contributed by atoms with Crippen LogP contribution in [0.4, 0.5) is 10.1 Å². The Bertz CT molecular complexity index is 934. The first-order valence-electron chi connectivity index (χ1n) is 8.87. The molecular weight excluding hydrogens is 445 g/mol. The number of anilines is 1. The SMILES string of the molecule is CCOc1cc(CNc2ccc(F)cc2)c(Br)cc1OCc1cccc(Cl)c1. The summed E-state index contributed by atoms with van der Waals surface area (Å²) in [6.45, 7) is 3.40. The quantitative estimate of drug-likeness (QED) is 0.396. The summed E-state index contributed by atoms with van der Waals surface area (Å²) in [6.07, 6.45) is 0. The maximum atomic E-state index is 13.0. The minimum atomic E-state index is -0.258. The molecule has 0 unspecified atom stereocenters. The van der Waals surface area contributed by atoms with E-state index in [0.29, 0.717) is 36.3 Å². The molecule has 0 fully saturated rings. The van der Waals surface area contributed by atoms with Crippen LogP contribution in [-0.2, 0) is 13.2 Å². The Labute approximate surface area is 177 Å². The Kier molecular flexibility index (Phi) is 7.18. The third kappa shape index (κ3) is 5.63. The van der Waals surface area contributed by atoms with Crippen LogP contribution in [0.2, 0.25) is 5.02 Å². The molecule has 3 aromatic carbocycles. The highest BCUT2D eigenvalue weighted by Gasteiger charge is 2.12. The molecule has 28 heavy (non-hydrogen) atoms. The first kappa shape index (κ1) is 20.5. The lowest BCUT2D eigenvalue weighted by Crippen LogP contribution is -2.04. The second kappa shape index (κ2) is 9.80. The molecule has 0 saturated heterocycles. The second-order valence-electron chi connectivity index (χ2n) is 6.10. The van der Waals surface area contributed by atoms with Crippen molar-refractivity contribution < 1.29 is 13.9 Å². The van der Waals surface area contributed by atoms with Crippen molar-refractivity contribution in [3.63, 3.8) is 0 Å². The van der Waals surface area contributed by atoms with Crippen LogP contribution in [0.5, 0.6) is 11.5 Å². The fourth-order valence-electron chi connectivity index (χ4n) is 2.65. The van der Waals surface area contributed by atoms with Gasteiger partial charge >= 0.3 is 0 Å². The third-order valence-corrected chi connectivity index (χ3v) is 5.00. The Morgan fingerprint density at radius 3 is 2.46 bits per heavy atom. The first-order chi connectivity index (χ1) is 13.5. The molecule has 3 rings (SSSR count). The number of ether oxygens (including phenoxy) is 2. The predicted molar refractivity (Wildman–Crippen MR) is 115 cm³/mol. The first-order valence-corrected chi connectivity index (χ1v) is 10.0. The molecule has 3 aromatic rings. The molecule has 0 amide bonds. The topological polar surface area (TPSA) is 30.5 Å². The van der Waals surface area contributed by atoms with Crippen LogP contribution >= 0.6 is 27.5 Å². The molecule has 0 radical (unpaired) electrons. The van der Waals surface area contributed by atoms with E-state index < -0.39 is 0 Å². The summed E-state index contributed by atoms with van der Waals surface area (Å²) in [5, 5.41) is 3.95. The molecule has 3 nitrogen and oxygen atoms in total. The van der Waals surface area contributed by atoms with E-state index in [-0.39, 0.29) is 5.82 Å². The van der Waals surface area contributed by atoms with Gasteiger partial charge in [0.05, 0.1) is 6.61 Å². The van der Waals surface area contributed by atoms with Gasteiger partial charge in [-0.15, -0.1) is 0 Å². The zero-order valence-electron chi connectivity index (χ0n) is 15.3. The molecule has 1 N–H and O–H groups in total. The predicted octanol–water partition coefficient (Wildman–Crippen LogP) is 6.83. The average molecular weight is 465 g/mol. The summed E-state index contributed by atoms with van der Waals surface area (Å²) < 4.78 is 25.7. The van der Waals surface area contributed by atoms with Crippen molar-refractivity contribution in [2.75, 3.05) is 11.9 Å². The molecular formula is C22H20BrClFNO2. The van der Waals surface area contributed by atoms with Crippen LogP contribution in [0.15, 0.2) is 65.1 Å². The van der Waals surface area contributed by atoms with Crippen molar-refractivity contribution in [3.05, 3.63) is 87.1 Å². The van der Waals surface area contributed by atoms with Gasteiger partial charge in [-0.2, -0.15) is 0 Å². The van der Waals surface area contributed by atoms with Gasteiger partial charge in [0, 0.05) is 21.7 Å². The number of nitrogens with one attached hydrogen (secondary N) is 1. The highest BCUT2D eigenvalue weighted by Crippen LogP contribution is 2.35. The molecule has 0 aliphatic rings. The van der Waals surface area contributed by atoms with Gasteiger partial charge in [-0.05, 0) is 66.6 Å². The van der Waals surface area contributed by atoms with Gasteiger partial charge in [-0.25, -0.2) is 4.39 Å². The summed E-state index contributed by atoms with van der Waals surface area (Å²) in [5.74, 6) is 1.06. The summed E-state index contributed by atoms with van der Waals surface area (Å²) in [5.41, 5.74) is 2.82. The summed E-state index contributed by atoms with van der Waals surface area (Å²) in [7, 11) is 0. The van der Waals surface area contributed by atoms with E-state index in [9.17, 15) is 4.39 Å². The van der Waals surface area contributed by atoms with E-state index in [1.54, 1.807) is 12.1 Å². The smallest absolute Gasteiger partial charge is 0.162 e. The van der Waals surface area contributed by atoms with E-state index in [2.05, 4.69) is 21.2 Å². The number of halogens is 3. The minimum Gasteiger partial charge on any atom is -0.490 e. The second-order valence-corrected chi connectivity index (χ2v) is 7.39. The normalized spacial score (nSPS) is 10.6. The summed E-state index contributed by atoms with van der Waals surface area (Å²) in [4.78, 5) is 0. The van der Waals surface area contributed by atoms with Crippen LogP contribution in [-0.4, -0.2) is 6.61 Å². The fraction of sp³-hybridized carbons (Fsp3) is 0.182. The van der Waals surface area contributed by atoms with Crippen LogP contribution in [0.1, 0.15) is 18.1 Å². The lowest BCUT2D eigenvalue weighted by molar-refractivity contribution is 0.269. The third-order valence-electron chi connectivity index (χ3n) is 4.02. The molecule has 146 valence electrons. The van der Waals surface area contributed by atoms with E-state index in [4.69, 9.17) is 21.1 Å². The molecule has 0 bridgehead atoms. The lowest BCUT2D eigenvalue weighted by atomic mass is 10.2. The number of hydrogen-bond donors (Lipinski definition) is 1. The Morgan fingerprint density at radius 1 is 1.00 bits per heavy atom. The lowest BCUT2D eigenvalue weighted by Gasteiger charge is -2.16. The van der Waals surface area contributed by atoms with Crippen molar-refractivity contribution in [2.45, 2.75) is 20.1 Å². The Morgan fingerprint density at radius 2 is 1.75 bits per heavy atom. The van der Waals surface area contributed by atoms with Gasteiger partial charge < -0.3 is 14.8 Å². The Hall–Kier alpha value is -2.24. The molecule has 0 saturated carbocycles. The number of hydrogen-bond acceptors (Lipinski definition) is 3. The van der Waals surface area contributed by atoms with Crippen molar-refractivity contribution in [2.24, 2.45) is 0 Å². The summed E-state index contributed by atoms with van der Waals surface area (Å²) >= 11 is 9.63. The van der Waals surface area contributed by atoms with Gasteiger partial charge in [0.1, 0.15) is 12.4 Å². The van der Waals surface area contributed by atoms with Gasteiger partial charge in [0.25, 0.3) is 0 Å². The zero-order chi connectivity index (χ0) is 19.9. The van der Waals surface area contributed by atoms with E-state index in [0.717, 1.165) is 21.3 Å². The molecule has 0 atom stereocenters. The Balaban J connectivity index is 1.74. The van der Waals surface area contributed by atoms with Crippen molar-refractivity contribution in [1.29, 1.82) is 0 Å². The zero-order valence-corrected chi connectivity index (χ0v) is 17.7. The van der Waals surface area contributed by atoms with E-state index in [1.807, 2.05) is 43.3 Å². The van der Waals surface area contributed by atoms with Gasteiger partial charge in [-0.1, -0.05) is 39.7 Å². The standard InChI is InChI=1S/C22H20BrClFNO2/c1-2-27-21-11-16(13-26-19-8-6-18(25)7-9-19)20(23)12-22(21)28-14-15-4-3-5-17(24)10-15/h3-12,26H,2,13-14H2,1H3. The highest BCUT2D eigenvalue weighted by atomic mass is 79.9. The average Bonchev–Trinajstić information content (AvgIpc) is 2.68. The molecule has 0 aliphatic carbocycles. The minimum absolute atomic E-state index is 0.258. The van der Waals surface area contributed by atoms with Crippen molar-refractivity contribution >= 4 is 33.2 Å². The van der Waals surface area contributed by atoms with Crippen molar-refractivity contribution in [3.8, 4) is 11.5 Å². The molecule has 0 spiro atoms. The number of benzene rings is 3. The van der Waals surface area contributed by atoms with Gasteiger partial charge in [0.15, 0.2) is 11.5 Å². The van der Waals surface area contributed by atoms with Crippen LogP contribution in [0.25, 0.3) is 0 Å². The van der Waals surface area contributed by atoms with Crippen LogP contribution < -0.4 is 14.8 Å². The van der Waals surface area contributed by atoms with Gasteiger partial charge in [-0.3, -0.25) is 0 Å². The molecule has 0 aliphatic heterocycles. The summed E-state index contributed by atoms with van der Waals surface area (Å²) in [6, 6.07) is 17.7. The molecule has 0 heterocycles. The number of rotatable bonds is 8. The monoisotopic (exact) mass is 463 g/mol. The highest BCUT2D eigenvalue weighted by molar-refractivity contribution is 9.10. The van der Waals surface area contributed by atoms with Crippen molar-refractivity contribution in [1.82, 2.24) is 0 Å². The fourth-order valence-corrected chi connectivity index (χ4v) is 3.32. The molecule has 6 heteroatoms.